The van der Waals surface area contributed by atoms with Crippen LogP contribution in [0.2, 0.25) is 0 Å². The minimum Gasteiger partial charge on any atom is -0.437 e. The summed E-state index contributed by atoms with van der Waals surface area (Å²) in [6.45, 7) is 1.73. The maximum atomic E-state index is 12.6. The van der Waals surface area contributed by atoms with E-state index in [1.807, 2.05) is 0 Å². The molecule has 0 heterocycles. The largest absolute Gasteiger partial charge is 0.513 e. The van der Waals surface area contributed by atoms with Crippen molar-refractivity contribution in [2.24, 2.45) is 0 Å². The van der Waals surface area contributed by atoms with Gasteiger partial charge < -0.3 is 9.47 Å². The van der Waals surface area contributed by atoms with Crippen molar-refractivity contribution in [1.29, 1.82) is 0 Å². The van der Waals surface area contributed by atoms with Gasteiger partial charge in [0.1, 0.15) is 5.75 Å². The molecule has 0 saturated carbocycles. The van der Waals surface area contributed by atoms with E-state index in [2.05, 4.69) is 4.74 Å². The molecule has 2 aromatic rings. The Balaban J connectivity index is 2.44. The highest BCUT2D eigenvalue weighted by Crippen LogP contribution is 2.35. The number of benzene rings is 2. The zero-order valence-corrected chi connectivity index (χ0v) is 11.9. The van der Waals surface area contributed by atoms with E-state index in [4.69, 9.17) is 4.74 Å². The molecule has 22 heavy (non-hydrogen) atoms. The summed E-state index contributed by atoms with van der Waals surface area (Å²) in [5.41, 5.74) is 0.955. The van der Waals surface area contributed by atoms with Crippen molar-refractivity contribution in [3.05, 3.63) is 53.6 Å². The Bertz CT molecular complexity index is 676. The van der Waals surface area contributed by atoms with Crippen LogP contribution in [0.5, 0.6) is 5.75 Å². The molecule has 0 aromatic heterocycles. The molecule has 0 N–H and O–H groups in total. The topological polar surface area (TPSA) is 35.5 Å². The Labute approximate surface area is 125 Å². The second-order valence-corrected chi connectivity index (χ2v) is 4.58. The predicted molar refractivity (Wildman–Crippen MR) is 74.7 cm³/mol. The van der Waals surface area contributed by atoms with Gasteiger partial charge in [-0.3, -0.25) is 0 Å². The number of alkyl halides is 3. The van der Waals surface area contributed by atoms with Gasteiger partial charge in [-0.05, 0) is 30.2 Å². The second kappa shape index (κ2) is 6.09. The first kappa shape index (κ1) is 15.9. The Kier molecular flexibility index (Phi) is 4.40. The number of carbonyl (C=O) groups is 1. The molecule has 0 saturated heterocycles. The van der Waals surface area contributed by atoms with Crippen LogP contribution >= 0.6 is 0 Å². The molecule has 0 fully saturated rings. The molecule has 2 rings (SSSR count). The zero-order valence-electron chi connectivity index (χ0n) is 11.9. The summed E-state index contributed by atoms with van der Waals surface area (Å²) >= 11 is 0. The van der Waals surface area contributed by atoms with Crippen molar-refractivity contribution in [2.45, 2.75) is 13.1 Å². The van der Waals surface area contributed by atoms with Crippen molar-refractivity contribution in [2.75, 3.05) is 7.11 Å². The highest BCUT2D eigenvalue weighted by molar-refractivity contribution is 5.76. The highest BCUT2D eigenvalue weighted by atomic mass is 19.4. The Morgan fingerprint density at radius 3 is 2.23 bits per heavy atom. The van der Waals surface area contributed by atoms with Crippen LogP contribution in [0.25, 0.3) is 11.1 Å². The van der Waals surface area contributed by atoms with Crippen LogP contribution in [0.3, 0.4) is 0 Å². The summed E-state index contributed by atoms with van der Waals surface area (Å²) in [7, 11) is 1.18. The van der Waals surface area contributed by atoms with Crippen LogP contribution in [0.4, 0.5) is 18.0 Å². The monoisotopic (exact) mass is 310 g/mol. The van der Waals surface area contributed by atoms with Crippen molar-refractivity contribution < 1.29 is 27.4 Å². The molecule has 6 heteroatoms. The van der Waals surface area contributed by atoms with E-state index in [-0.39, 0.29) is 5.75 Å². The zero-order chi connectivity index (χ0) is 16.3. The van der Waals surface area contributed by atoms with Gasteiger partial charge in [0, 0.05) is 5.56 Å². The number of halogens is 3. The molecular weight excluding hydrogens is 297 g/mol. The second-order valence-electron chi connectivity index (χ2n) is 4.58. The van der Waals surface area contributed by atoms with Crippen molar-refractivity contribution in [3.8, 4) is 16.9 Å². The molecule has 0 atom stereocenters. The Morgan fingerprint density at radius 2 is 1.68 bits per heavy atom. The fraction of sp³-hybridized carbons (Fsp3) is 0.188. The van der Waals surface area contributed by atoms with E-state index < -0.39 is 17.9 Å². The molecule has 116 valence electrons. The van der Waals surface area contributed by atoms with Gasteiger partial charge in [0.2, 0.25) is 0 Å². The third kappa shape index (κ3) is 3.39. The van der Waals surface area contributed by atoms with E-state index >= 15 is 0 Å². The molecule has 0 bridgehead atoms. The van der Waals surface area contributed by atoms with Gasteiger partial charge >= 0.3 is 12.3 Å². The molecule has 2 aromatic carbocycles. The molecule has 0 aliphatic heterocycles. The van der Waals surface area contributed by atoms with Gasteiger partial charge in [-0.2, -0.15) is 13.2 Å². The molecule has 0 aliphatic rings. The third-order valence-corrected chi connectivity index (χ3v) is 3.09. The lowest BCUT2D eigenvalue weighted by Crippen LogP contribution is -2.09. The van der Waals surface area contributed by atoms with Crippen molar-refractivity contribution in [1.82, 2.24) is 0 Å². The Hall–Kier alpha value is -2.50. The summed E-state index contributed by atoms with van der Waals surface area (Å²) in [4.78, 5) is 11.3. The number of para-hydroxylation sites is 1. The van der Waals surface area contributed by atoms with Crippen LogP contribution in [0.1, 0.15) is 11.1 Å². The van der Waals surface area contributed by atoms with Gasteiger partial charge in [-0.15, -0.1) is 0 Å². The number of hydrogen-bond acceptors (Lipinski definition) is 3. The number of rotatable bonds is 2. The summed E-state index contributed by atoms with van der Waals surface area (Å²) in [6.07, 6.45) is -5.28. The molecular formula is C16H13F3O3. The summed E-state index contributed by atoms with van der Waals surface area (Å²) in [5.74, 6) is 0.258. The van der Waals surface area contributed by atoms with Crippen LogP contribution in [-0.2, 0) is 10.9 Å². The van der Waals surface area contributed by atoms with Gasteiger partial charge in [-0.25, -0.2) is 4.79 Å². The minimum atomic E-state index is -4.39. The van der Waals surface area contributed by atoms with Crippen LogP contribution in [-0.4, -0.2) is 13.3 Å². The lowest BCUT2D eigenvalue weighted by atomic mass is 10.0. The number of carbonyl (C=O) groups excluding carboxylic acids is 1. The lowest BCUT2D eigenvalue weighted by Gasteiger charge is -2.13. The average Bonchev–Trinajstić information content (AvgIpc) is 2.48. The number of ether oxygens (including phenoxy) is 2. The number of aryl methyl sites for hydroxylation is 1. The van der Waals surface area contributed by atoms with Crippen molar-refractivity contribution >= 4 is 6.16 Å². The maximum Gasteiger partial charge on any atom is 0.513 e. The van der Waals surface area contributed by atoms with Gasteiger partial charge in [-0.1, -0.05) is 30.3 Å². The van der Waals surface area contributed by atoms with Crippen molar-refractivity contribution in [3.63, 3.8) is 0 Å². The highest BCUT2D eigenvalue weighted by Gasteiger charge is 2.30. The lowest BCUT2D eigenvalue weighted by molar-refractivity contribution is -0.137. The first-order valence-corrected chi connectivity index (χ1v) is 6.36. The quantitative estimate of drug-likeness (QED) is 0.589. The Morgan fingerprint density at radius 1 is 1.05 bits per heavy atom. The molecule has 0 unspecified atom stereocenters. The summed E-state index contributed by atoms with van der Waals surface area (Å²) in [6, 6.07) is 9.76. The van der Waals surface area contributed by atoms with E-state index in [1.54, 1.807) is 25.1 Å². The van der Waals surface area contributed by atoms with Gasteiger partial charge in [0.25, 0.3) is 0 Å². The van der Waals surface area contributed by atoms with E-state index in [9.17, 15) is 18.0 Å². The molecule has 0 spiro atoms. The fourth-order valence-corrected chi connectivity index (χ4v) is 1.98. The maximum absolute atomic E-state index is 12.6. The van der Waals surface area contributed by atoms with E-state index in [0.717, 1.165) is 12.1 Å². The standard InChI is InChI=1S/C16H13F3O3/c1-10-4-3-5-13(14(10)22-15(20)21-2)11-6-8-12(9-7-11)16(17,18)19/h3-9H,1-2H3. The first-order valence-electron chi connectivity index (χ1n) is 6.36. The SMILES string of the molecule is COC(=O)Oc1c(C)cccc1-c1ccc(C(F)(F)F)cc1. The minimum absolute atomic E-state index is 0.258. The summed E-state index contributed by atoms with van der Waals surface area (Å²) < 4.78 is 47.3. The summed E-state index contributed by atoms with van der Waals surface area (Å²) in [5, 5.41) is 0. The fourth-order valence-electron chi connectivity index (χ4n) is 1.98. The molecule has 0 aliphatic carbocycles. The van der Waals surface area contributed by atoms with Crippen LogP contribution < -0.4 is 4.74 Å². The number of methoxy groups -OCH3 is 1. The molecule has 0 radical (unpaired) electrons. The van der Waals surface area contributed by atoms with E-state index in [0.29, 0.717) is 16.7 Å². The molecule has 3 nitrogen and oxygen atoms in total. The smallest absolute Gasteiger partial charge is 0.437 e. The normalized spacial score (nSPS) is 11.1. The van der Waals surface area contributed by atoms with Crippen LogP contribution in [0.15, 0.2) is 42.5 Å². The van der Waals surface area contributed by atoms with E-state index in [1.165, 1.54) is 19.2 Å². The van der Waals surface area contributed by atoms with Gasteiger partial charge in [0.05, 0.1) is 12.7 Å². The first-order chi connectivity index (χ1) is 10.3. The average molecular weight is 310 g/mol. The van der Waals surface area contributed by atoms with Crippen LogP contribution in [0, 0.1) is 6.92 Å². The number of hydrogen-bond donors (Lipinski definition) is 0. The third-order valence-electron chi connectivity index (χ3n) is 3.09. The predicted octanol–water partition coefficient (Wildman–Crippen LogP) is 4.83. The molecule has 0 amide bonds. The van der Waals surface area contributed by atoms with Gasteiger partial charge in [0.15, 0.2) is 0 Å².